The van der Waals surface area contributed by atoms with Crippen LogP contribution < -0.4 is 5.73 Å². The fraction of sp³-hybridized carbons (Fsp3) is 0.900. The van der Waals surface area contributed by atoms with E-state index >= 15 is 0 Å². The van der Waals surface area contributed by atoms with Crippen LogP contribution in [0.15, 0.2) is 0 Å². The molecule has 4 heteroatoms. The summed E-state index contributed by atoms with van der Waals surface area (Å²) in [5.74, 6) is 0.944. The molecule has 2 bridgehead atoms. The van der Waals surface area contributed by atoms with Gasteiger partial charge in [-0.2, -0.15) is 11.8 Å². The van der Waals surface area contributed by atoms with Crippen molar-refractivity contribution in [3.8, 4) is 0 Å². The summed E-state index contributed by atoms with van der Waals surface area (Å²) in [7, 11) is 0. The molecule has 2 unspecified atom stereocenters. The van der Waals surface area contributed by atoms with E-state index in [-0.39, 0.29) is 0 Å². The third-order valence-corrected chi connectivity index (χ3v) is 3.86. The molecule has 3 nitrogen and oxygen atoms in total. The van der Waals surface area contributed by atoms with Gasteiger partial charge >= 0.3 is 0 Å². The molecular weight excluding hydrogens is 196 g/mol. The van der Waals surface area contributed by atoms with Gasteiger partial charge in [0.1, 0.15) is 0 Å². The average molecular weight is 214 g/mol. The fourth-order valence-corrected chi connectivity index (χ4v) is 3.22. The lowest BCUT2D eigenvalue weighted by atomic mass is 9.98. The maximum absolute atomic E-state index is 11.8. The summed E-state index contributed by atoms with van der Waals surface area (Å²) in [6.45, 7) is 0. The molecule has 0 aliphatic carbocycles. The number of nitrogens with zero attached hydrogens (tertiary/aromatic N) is 1. The summed E-state index contributed by atoms with van der Waals surface area (Å²) in [6.07, 6.45) is 6.33. The Morgan fingerprint density at radius 1 is 1.43 bits per heavy atom. The molecule has 0 saturated carbocycles. The van der Waals surface area contributed by atoms with E-state index in [9.17, 15) is 4.79 Å². The monoisotopic (exact) mass is 214 g/mol. The molecule has 2 aliphatic heterocycles. The second-order valence-electron chi connectivity index (χ2n) is 4.35. The van der Waals surface area contributed by atoms with Crippen molar-refractivity contribution in [3.63, 3.8) is 0 Å². The minimum absolute atomic E-state index is 0.317. The van der Waals surface area contributed by atoms with Crippen molar-refractivity contribution in [1.29, 1.82) is 0 Å². The van der Waals surface area contributed by atoms with Gasteiger partial charge in [0.2, 0.25) is 5.91 Å². The Bertz CT molecular complexity index is 220. The molecule has 2 heterocycles. The van der Waals surface area contributed by atoms with Gasteiger partial charge in [-0.15, -0.1) is 0 Å². The van der Waals surface area contributed by atoms with Gasteiger partial charge in [-0.05, 0) is 31.9 Å². The Hall–Kier alpha value is -0.220. The number of piperidine rings is 1. The Labute approximate surface area is 89.4 Å². The Balaban J connectivity index is 2.03. The summed E-state index contributed by atoms with van der Waals surface area (Å²) in [4.78, 5) is 13.9. The van der Waals surface area contributed by atoms with E-state index in [1.165, 1.54) is 12.8 Å². The van der Waals surface area contributed by atoms with Crippen LogP contribution in [0.2, 0.25) is 0 Å². The Morgan fingerprint density at radius 2 is 2.00 bits per heavy atom. The molecule has 0 aromatic carbocycles. The highest BCUT2D eigenvalue weighted by molar-refractivity contribution is 7.99. The molecule has 0 radical (unpaired) electrons. The molecule has 80 valence electrons. The third-order valence-electron chi connectivity index (χ3n) is 3.33. The molecule has 2 atom stereocenters. The number of rotatable bonds is 2. The van der Waals surface area contributed by atoms with Crippen molar-refractivity contribution in [1.82, 2.24) is 4.90 Å². The highest BCUT2D eigenvalue weighted by Crippen LogP contribution is 2.35. The first kappa shape index (κ1) is 10.3. The van der Waals surface area contributed by atoms with Crippen molar-refractivity contribution >= 4 is 17.7 Å². The van der Waals surface area contributed by atoms with Crippen molar-refractivity contribution in [2.45, 2.75) is 43.8 Å². The number of nitrogens with two attached hydrogens (primary N) is 1. The van der Waals surface area contributed by atoms with Gasteiger partial charge < -0.3 is 10.6 Å². The second-order valence-corrected chi connectivity index (χ2v) is 5.22. The molecule has 2 rings (SSSR count). The van der Waals surface area contributed by atoms with Crippen LogP contribution >= 0.6 is 11.8 Å². The maximum atomic E-state index is 11.8. The molecule has 2 saturated heterocycles. The number of thioether (sulfide) groups is 1. The van der Waals surface area contributed by atoms with Crippen molar-refractivity contribution in [2.75, 3.05) is 12.0 Å². The van der Waals surface area contributed by atoms with Gasteiger partial charge in [0.15, 0.2) is 0 Å². The van der Waals surface area contributed by atoms with Gasteiger partial charge in [0.05, 0.1) is 5.75 Å². The predicted octanol–water partition coefficient (Wildman–Crippen LogP) is 0.830. The molecule has 2 aliphatic rings. The van der Waals surface area contributed by atoms with E-state index in [1.54, 1.807) is 11.8 Å². The number of carbonyl (C=O) groups excluding carboxylic acids is 1. The predicted molar refractivity (Wildman–Crippen MR) is 59.2 cm³/mol. The Kier molecular flexibility index (Phi) is 3.02. The minimum Gasteiger partial charge on any atom is -0.336 e. The third kappa shape index (κ3) is 1.77. The van der Waals surface area contributed by atoms with Crippen LogP contribution in [0.1, 0.15) is 25.7 Å². The van der Waals surface area contributed by atoms with E-state index in [4.69, 9.17) is 5.73 Å². The van der Waals surface area contributed by atoms with Crippen LogP contribution in [0.25, 0.3) is 0 Å². The summed E-state index contributed by atoms with van der Waals surface area (Å²) >= 11 is 1.61. The van der Waals surface area contributed by atoms with Crippen molar-refractivity contribution in [2.24, 2.45) is 5.73 Å². The van der Waals surface area contributed by atoms with Gasteiger partial charge in [0.25, 0.3) is 0 Å². The first-order chi connectivity index (χ1) is 6.72. The molecule has 0 aromatic heterocycles. The summed E-state index contributed by atoms with van der Waals surface area (Å²) < 4.78 is 0. The molecule has 2 fully saturated rings. The van der Waals surface area contributed by atoms with Crippen LogP contribution in [-0.2, 0) is 4.79 Å². The number of hydrogen-bond acceptors (Lipinski definition) is 3. The lowest BCUT2D eigenvalue weighted by Crippen LogP contribution is -2.50. The zero-order valence-corrected chi connectivity index (χ0v) is 9.43. The number of carbonyl (C=O) groups is 1. The van der Waals surface area contributed by atoms with Crippen molar-refractivity contribution < 1.29 is 4.79 Å². The van der Waals surface area contributed by atoms with Crippen LogP contribution in [0.3, 0.4) is 0 Å². The summed E-state index contributed by atoms with van der Waals surface area (Å²) in [6, 6.07) is 1.22. The molecule has 0 spiro atoms. The topological polar surface area (TPSA) is 46.3 Å². The fourth-order valence-electron chi connectivity index (χ4n) is 2.82. The van der Waals surface area contributed by atoms with Gasteiger partial charge in [-0.3, -0.25) is 4.79 Å². The minimum atomic E-state index is 0.317. The van der Waals surface area contributed by atoms with Crippen LogP contribution in [0.4, 0.5) is 0 Å². The van der Waals surface area contributed by atoms with Crippen molar-refractivity contribution in [3.05, 3.63) is 0 Å². The molecular formula is C10H18N2OS. The van der Waals surface area contributed by atoms with E-state index < -0.39 is 0 Å². The summed E-state index contributed by atoms with van der Waals surface area (Å²) in [5, 5.41) is 0. The van der Waals surface area contributed by atoms with Crippen LogP contribution in [0.5, 0.6) is 0 Å². The van der Waals surface area contributed by atoms with Crippen LogP contribution in [-0.4, -0.2) is 40.9 Å². The van der Waals surface area contributed by atoms with Gasteiger partial charge in [-0.25, -0.2) is 0 Å². The molecule has 14 heavy (non-hydrogen) atoms. The average Bonchev–Trinajstić information content (AvgIpc) is 2.39. The first-order valence-corrected chi connectivity index (χ1v) is 6.67. The molecule has 0 aromatic rings. The highest BCUT2D eigenvalue weighted by Gasteiger charge is 2.41. The lowest BCUT2D eigenvalue weighted by molar-refractivity contribution is -0.132. The van der Waals surface area contributed by atoms with E-state index in [2.05, 4.69) is 4.90 Å². The number of hydrogen-bond donors (Lipinski definition) is 1. The quantitative estimate of drug-likeness (QED) is 0.740. The number of fused-ring (bicyclic) bond motifs is 2. The summed E-state index contributed by atoms with van der Waals surface area (Å²) in [5.41, 5.74) is 5.95. The SMILES string of the molecule is CSCC(=O)N1C2CCC1CC(N)C2. The van der Waals surface area contributed by atoms with Crippen LogP contribution in [0, 0.1) is 0 Å². The van der Waals surface area contributed by atoms with Gasteiger partial charge in [-0.1, -0.05) is 0 Å². The highest BCUT2D eigenvalue weighted by atomic mass is 32.2. The largest absolute Gasteiger partial charge is 0.336 e. The van der Waals surface area contributed by atoms with E-state index in [0.717, 1.165) is 12.8 Å². The molecule has 2 N–H and O–H groups in total. The normalized spacial score (nSPS) is 36.1. The number of amides is 1. The lowest BCUT2D eigenvalue weighted by Gasteiger charge is -2.37. The van der Waals surface area contributed by atoms with Gasteiger partial charge in [0, 0.05) is 18.1 Å². The molecule has 1 amide bonds. The zero-order valence-electron chi connectivity index (χ0n) is 8.61. The Morgan fingerprint density at radius 3 is 2.50 bits per heavy atom. The maximum Gasteiger partial charge on any atom is 0.233 e. The first-order valence-electron chi connectivity index (χ1n) is 5.28. The zero-order chi connectivity index (χ0) is 10.1. The standard InChI is InChI=1S/C10H18N2OS/c1-14-6-10(13)12-8-2-3-9(12)5-7(11)4-8/h7-9H,2-6,11H2,1H3. The second kappa shape index (κ2) is 4.11. The smallest absolute Gasteiger partial charge is 0.233 e. The van der Waals surface area contributed by atoms with E-state index in [1.807, 2.05) is 6.26 Å². The van der Waals surface area contributed by atoms with E-state index in [0.29, 0.717) is 29.8 Å².